The van der Waals surface area contributed by atoms with Crippen molar-refractivity contribution in [1.82, 2.24) is 4.90 Å². The largest absolute Gasteiger partial charge is 0.327 e. The van der Waals surface area contributed by atoms with Crippen molar-refractivity contribution in [2.75, 3.05) is 13.1 Å². The van der Waals surface area contributed by atoms with Gasteiger partial charge in [0.15, 0.2) is 0 Å². The lowest BCUT2D eigenvalue weighted by Crippen LogP contribution is -2.42. The Hall–Kier alpha value is -0.350. The molecule has 2 N–H and O–H groups in total. The topological polar surface area (TPSA) is 29.3 Å². The van der Waals surface area contributed by atoms with Gasteiger partial charge in [-0.1, -0.05) is 17.7 Å². The quantitative estimate of drug-likeness (QED) is 0.902. The summed E-state index contributed by atoms with van der Waals surface area (Å²) in [4.78, 5) is 2.19. The molecule has 1 aromatic rings. The summed E-state index contributed by atoms with van der Waals surface area (Å²) in [7, 11) is 0. The second-order valence-electron chi connectivity index (χ2n) is 4.37. The average molecular weight is 279 g/mol. The van der Waals surface area contributed by atoms with Gasteiger partial charge in [0.2, 0.25) is 0 Å². The van der Waals surface area contributed by atoms with Crippen LogP contribution in [0.3, 0.4) is 0 Å². The van der Waals surface area contributed by atoms with Crippen LogP contribution < -0.4 is 5.73 Å². The van der Waals surface area contributed by atoms with Crippen LogP contribution in [-0.2, 0) is 6.54 Å². The second-order valence-corrected chi connectivity index (χ2v) is 4.81. The monoisotopic (exact) mass is 278 g/mol. The highest BCUT2D eigenvalue weighted by Crippen LogP contribution is 2.18. The maximum atomic E-state index is 13.6. The van der Waals surface area contributed by atoms with E-state index >= 15 is 0 Å². The molecule has 0 spiro atoms. The molecule has 2 nitrogen and oxygen atoms in total. The van der Waals surface area contributed by atoms with Crippen molar-refractivity contribution in [2.45, 2.75) is 25.4 Å². The van der Waals surface area contributed by atoms with E-state index in [9.17, 15) is 4.39 Å². The summed E-state index contributed by atoms with van der Waals surface area (Å²) in [5.41, 5.74) is 6.58. The Bertz CT molecular complexity index is 374. The molecule has 1 heterocycles. The van der Waals surface area contributed by atoms with Crippen LogP contribution in [-0.4, -0.2) is 24.0 Å². The van der Waals surface area contributed by atoms with Crippen molar-refractivity contribution >= 4 is 24.0 Å². The van der Waals surface area contributed by atoms with Gasteiger partial charge in [-0.15, -0.1) is 12.4 Å². The SMILES string of the molecule is Cl.NC1CCCN(Cc2ccc(Cl)cc2F)C1. The van der Waals surface area contributed by atoms with Crippen LogP contribution in [0.2, 0.25) is 5.02 Å². The molecule has 0 aliphatic carbocycles. The molecule has 1 saturated heterocycles. The van der Waals surface area contributed by atoms with Crippen LogP contribution in [0.5, 0.6) is 0 Å². The van der Waals surface area contributed by atoms with Crippen LogP contribution in [0.25, 0.3) is 0 Å². The van der Waals surface area contributed by atoms with Crippen LogP contribution in [0.4, 0.5) is 4.39 Å². The van der Waals surface area contributed by atoms with E-state index in [0.29, 0.717) is 17.1 Å². The lowest BCUT2D eigenvalue weighted by molar-refractivity contribution is 0.199. The molecule has 5 heteroatoms. The summed E-state index contributed by atoms with van der Waals surface area (Å²) < 4.78 is 13.6. The van der Waals surface area contributed by atoms with Crippen LogP contribution in [0, 0.1) is 5.82 Å². The molecular formula is C12H17Cl2FN2. The fourth-order valence-electron chi connectivity index (χ4n) is 2.13. The summed E-state index contributed by atoms with van der Waals surface area (Å²) in [5.74, 6) is -0.230. The number of halogens is 3. The van der Waals surface area contributed by atoms with Gasteiger partial charge in [-0.05, 0) is 31.5 Å². The van der Waals surface area contributed by atoms with Crippen molar-refractivity contribution in [3.05, 3.63) is 34.6 Å². The molecule has 0 amide bonds. The highest BCUT2D eigenvalue weighted by molar-refractivity contribution is 6.30. The summed E-state index contributed by atoms with van der Waals surface area (Å²) in [6.07, 6.45) is 2.16. The summed E-state index contributed by atoms with van der Waals surface area (Å²) in [6, 6.07) is 5.06. The Balaban J connectivity index is 0.00000144. The first kappa shape index (κ1) is 14.7. The fraction of sp³-hybridized carbons (Fsp3) is 0.500. The van der Waals surface area contributed by atoms with Gasteiger partial charge in [-0.3, -0.25) is 4.90 Å². The third-order valence-corrected chi connectivity index (χ3v) is 3.19. The van der Waals surface area contributed by atoms with Crippen molar-refractivity contribution in [2.24, 2.45) is 5.73 Å². The molecule has 1 aromatic carbocycles. The molecule has 1 atom stereocenters. The van der Waals surface area contributed by atoms with Crippen LogP contribution in [0.15, 0.2) is 18.2 Å². The molecule has 1 fully saturated rings. The van der Waals surface area contributed by atoms with Gasteiger partial charge in [0.1, 0.15) is 5.82 Å². The number of nitrogens with two attached hydrogens (primary N) is 1. The third kappa shape index (κ3) is 4.11. The van der Waals surface area contributed by atoms with Gasteiger partial charge in [-0.2, -0.15) is 0 Å². The molecule has 1 unspecified atom stereocenters. The zero-order valence-corrected chi connectivity index (χ0v) is 11.1. The summed E-state index contributed by atoms with van der Waals surface area (Å²) in [5, 5.41) is 0.441. The van der Waals surface area contributed by atoms with Gasteiger partial charge in [-0.25, -0.2) is 4.39 Å². The molecule has 1 aliphatic rings. The maximum absolute atomic E-state index is 13.6. The number of rotatable bonds is 2. The first-order valence-corrected chi connectivity index (χ1v) is 5.95. The molecule has 1 aliphatic heterocycles. The molecule has 0 saturated carbocycles. The molecular weight excluding hydrogens is 262 g/mol. The Morgan fingerprint density at radius 2 is 2.24 bits per heavy atom. The lowest BCUT2D eigenvalue weighted by atomic mass is 10.1. The number of hydrogen-bond acceptors (Lipinski definition) is 2. The Kier molecular flexibility index (Phi) is 5.67. The van der Waals surface area contributed by atoms with E-state index in [1.807, 2.05) is 0 Å². The minimum absolute atomic E-state index is 0. The van der Waals surface area contributed by atoms with E-state index in [2.05, 4.69) is 4.90 Å². The van der Waals surface area contributed by atoms with E-state index in [1.165, 1.54) is 6.07 Å². The van der Waals surface area contributed by atoms with E-state index in [-0.39, 0.29) is 24.3 Å². The first-order chi connectivity index (χ1) is 7.65. The number of hydrogen-bond donors (Lipinski definition) is 1. The molecule has 17 heavy (non-hydrogen) atoms. The second kappa shape index (κ2) is 6.55. The smallest absolute Gasteiger partial charge is 0.129 e. The minimum Gasteiger partial charge on any atom is -0.327 e. The van der Waals surface area contributed by atoms with E-state index in [4.69, 9.17) is 17.3 Å². The maximum Gasteiger partial charge on any atom is 0.129 e. The Labute approximate surface area is 112 Å². The Morgan fingerprint density at radius 3 is 2.88 bits per heavy atom. The summed E-state index contributed by atoms with van der Waals surface area (Å²) >= 11 is 5.71. The average Bonchev–Trinajstić information content (AvgIpc) is 2.22. The highest BCUT2D eigenvalue weighted by atomic mass is 35.5. The van der Waals surface area contributed by atoms with Crippen LogP contribution in [0.1, 0.15) is 18.4 Å². The summed E-state index contributed by atoms with van der Waals surface area (Å²) in [6.45, 7) is 2.47. The van der Waals surface area contributed by atoms with Crippen molar-refractivity contribution in [3.63, 3.8) is 0 Å². The number of nitrogens with zero attached hydrogens (tertiary/aromatic N) is 1. The van der Waals surface area contributed by atoms with Gasteiger partial charge in [0.25, 0.3) is 0 Å². The number of likely N-dealkylation sites (tertiary alicyclic amines) is 1. The van der Waals surface area contributed by atoms with E-state index in [0.717, 1.165) is 25.9 Å². The zero-order chi connectivity index (χ0) is 11.5. The number of piperidine rings is 1. The highest BCUT2D eigenvalue weighted by Gasteiger charge is 2.17. The molecule has 0 aromatic heterocycles. The van der Waals surface area contributed by atoms with Gasteiger partial charge in [0, 0.05) is 29.7 Å². The van der Waals surface area contributed by atoms with E-state index in [1.54, 1.807) is 12.1 Å². The predicted octanol–water partition coefficient (Wildman–Crippen LogP) is 2.82. The number of benzene rings is 1. The lowest BCUT2D eigenvalue weighted by Gasteiger charge is -2.30. The van der Waals surface area contributed by atoms with Crippen molar-refractivity contribution in [3.8, 4) is 0 Å². The Morgan fingerprint density at radius 1 is 1.47 bits per heavy atom. The van der Waals surface area contributed by atoms with Crippen LogP contribution >= 0.6 is 24.0 Å². The van der Waals surface area contributed by atoms with Crippen molar-refractivity contribution in [1.29, 1.82) is 0 Å². The van der Waals surface area contributed by atoms with Gasteiger partial charge in [0.05, 0.1) is 0 Å². The first-order valence-electron chi connectivity index (χ1n) is 5.57. The standard InChI is InChI=1S/C12H16ClFN2.ClH/c13-10-4-3-9(12(14)6-10)7-16-5-1-2-11(15)8-16;/h3-4,6,11H,1-2,5,7-8,15H2;1H. The van der Waals surface area contributed by atoms with E-state index < -0.39 is 0 Å². The molecule has 96 valence electrons. The van der Waals surface area contributed by atoms with Crippen molar-refractivity contribution < 1.29 is 4.39 Å². The normalized spacial score (nSPS) is 21.0. The molecule has 0 bridgehead atoms. The minimum atomic E-state index is -0.230. The molecule has 2 rings (SSSR count). The predicted molar refractivity (Wildman–Crippen MR) is 71.1 cm³/mol. The third-order valence-electron chi connectivity index (χ3n) is 2.95. The zero-order valence-electron chi connectivity index (χ0n) is 9.53. The van der Waals surface area contributed by atoms with Gasteiger partial charge >= 0.3 is 0 Å². The fourth-order valence-corrected chi connectivity index (χ4v) is 2.28. The van der Waals surface area contributed by atoms with Gasteiger partial charge < -0.3 is 5.73 Å². The molecule has 0 radical (unpaired) electrons.